The van der Waals surface area contributed by atoms with Crippen molar-refractivity contribution in [2.75, 3.05) is 11.9 Å². The standard InChI is InChI=1S/C10H11F2N3O/c1-6-2-10(9(12)3-8(6)11)14-4-7(5-16)15-13/h2-4,13-14,16H,5H2,1H3/b7-4-,15-13?. The first-order valence-electron chi connectivity index (χ1n) is 4.48. The van der Waals surface area contributed by atoms with E-state index in [2.05, 4.69) is 10.4 Å². The molecule has 0 aliphatic carbocycles. The molecule has 1 rings (SSSR count). The first-order chi connectivity index (χ1) is 7.58. The minimum absolute atomic E-state index is 0.0429. The third-order valence-electron chi connectivity index (χ3n) is 1.95. The number of aryl methyl sites for hydroxylation is 1. The van der Waals surface area contributed by atoms with E-state index in [-0.39, 0.29) is 11.4 Å². The number of hydrogen-bond donors (Lipinski definition) is 3. The minimum atomic E-state index is -0.748. The van der Waals surface area contributed by atoms with Crippen LogP contribution < -0.4 is 5.32 Å². The van der Waals surface area contributed by atoms with Crippen molar-refractivity contribution in [1.82, 2.24) is 0 Å². The maximum atomic E-state index is 13.2. The molecule has 4 nitrogen and oxygen atoms in total. The number of hydrogen-bond acceptors (Lipinski definition) is 4. The Kier molecular flexibility index (Phi) is 4.07. The van der Waals surface area contributed by atoms with Crippen LogP contribution in [0.1, 0.15) is 5.56 Å². The summed E-state index contributed by atoms with van der Waals surface area (Å²) < 4.78 is 26.1. The van der Waals surface area contributed by atoms with Crippen LogP contribution in [0.2, 0.25) is 0 Å². The molecule has 0 saturated carbocycles. The maximum Gasteiger partial charge on any atom is 0.149 e. The lowest BCUT2D eigenvalue weighted by atomic mass is 10.2. The van der Waals surface area contributed by atoms with Crippen molar-refractivity contribution >= 4 is 5.69 Å². The highest BCUT2D eigenvalue weighted by molar-refractivity contribution is 5.49. The SMILES string of the molecule is Cc1cc(N/C=C(/CO)N=N)c(F)cc1F. The van der Waals surface area contributed by atoms with E-state index in [1.54, 1.807) is 0 Å². The zero-order chi connectivity index (χ0) is 12.1. The molecule has 1 aromatic carbocycles. The minimum Gasteiger partial charge on any atom is -0.390 e. The zero-order valence-electron chi connectivity index (χ0n) is 8.59. The number of nitrogens with one attached hydrogen (secondary N) is 2. The molecule has 0 aliphatic rings. The number of anilines is 1. The second-order valence-corrected chi connectivity index (χ2v) is 3.13. The van der Waals surface area contributed by atoms with Gasteiger partial charge in [0, 0.05) is 12.3 Å². The van der Waals surface area contributed by atoms with E-state index in [1.807, 2.05) is 0 Å². The van der Waals surface area contributed by atoms with Gasteiger partial charge in [0.05, 0.1) is 12.3 Å². The van der Waals surface area contributed by atoms with Gasteiger partial charge in [-0.15, -0.1) is 0 Å². The molecule has 86 valence electrons. The Morgan fingerprint density at radius 3 is 2.75 bits per heavy atom. The highest BCUT2D eigenvalue weighted by Gasteiger charge is 2.06. The predicted octanol–water partition coefficient (Wildman–Crippen LogP) is 2.55. The Balaban J connectivity index is 2.94. The Bertz CT molecular complexity index is 432. The van der Waals surface area contributed by atoms with Gasteiger partial charge < -0.3 is 10.4 Å². The van der Waals surface area contributed by atoms with Crippen LogP contribution in [0.15, 0.2) is 29.1 Å². The molecule has 0 aromatic heterocycles. The van der Waals surface area contributed by atoms with Gasteiger partial charge in [0.1, 0.15) is 17.3 Å². The Morgan fingerprint density at radius 2 is 2.19 bits per heavy atom. The molecule has 0 atom stereocenters. The molecule has 0 bridgehead atoms. The molecule has 0 heterocycles. The zero-order valence-corrected chi connectivity index (χ0v) is 8.59. The van der Waals surface area contributed by atoms with Crippen molar-refractivity contribution < 1.29 is 13.9 Å². The first kappa shape index (κ1) is 12.3. The van der Waals surface area contributed by atoms with Gasteiger partial charge in [-0.05, 0) is 18.6 Å². The van der Waals surface area contributed by atoms with E-state index in [0.717, 1.165) is 6.07 Å². The first-order valence-corrected chi connectivity index (χ1v) is 4.48. The van der Waals surface area contributed by atoms with Crippen LogP contribution in [0.4, 0.5) is 14.5 Å². The molecule has 0 aliphatic heterocycles. The molecule has 0 saturated heterocycles. The van der Waals surface area contributed by atoms with Crippen LogP contribution in [0.25, 0.3) is 0 Å². The smallest absolute Gasteiger partial charge is 0.149 e. The van der Waals surface area contributed by atoms with Gasteiger partial charge in [-0.2, -0.15) is 5.11 Å². The second kappa shape index (κ2) is 5.32. The summed E-state index contributed by atoms with van der Waals surface area (Å²) in [6, 6.07) is 2.06. The van der Waals surface area contributed by atoms with Gasteiger partial charge >= 0.3 is 0 Å². The number of halogens is 2. The Morgan fingerprint density at radius 1 is 1.50 bits per heavy atom. The number of benzene rings is 1. The van der Waals surface area contributed by atoms with Crippen LogP contribution in [0.5, 0.6) is 0 Å². The highest BCUT2D eigenvalue weighted by atomic mass is 19.1. The lowest BCUT2D eigenvalue weighted by Crippen LogP contribution is -1.98. The van der Waals surface area contributed by atoms with Gasteiger partial charge in [-0.1, -0.05) is 0 Å². The van der Waals surface area contributed by atoms with Crippen LogP contribution in [-0.4, -0.2) is 11.7 Å². The molecule has 0 radical (unpaired) electrons. The normalized spacial score (nSPS) is 11.4. The van der Waals surface area contributed by atoms with Crippen molar-refractivity contribution in [2.45, 2.75) is 6.92 Å². The monoisotopic (exact) mass is 227 g/mol. The van der Waals surface area contributed by atoms with Crippen molar-refractivity contribution in [2.24, 2.45) is 5.11 Å². The predicted molar refractivity (Wildman–Crippen MR) is 55.0 cm³/mol. The van der Waals surface area contributed by atoms with Crippen molar-refractivity contribution in [3.05, 3.63) is 41.2 Å². The van der Waals surface area contributed by atoms with E-state index >= 15 is 0 Å². The van der Waals surface area contributed by atoms with Gasteiger partial charge in [-0.25, -0.2) is 14.3 Å². The second-order valence-electron chi connectivity index (χ2n) is 3.13. The van der Waals surface area contributed by atoms with Crippen molar-refractivity contribution in [3.63, 3.8) is 0 Å². The van der Waals surface area contributed by atoms with E-state index < -0.39 is 18.2 Å². The van der Waals surface area contributed by atoms with Crippen LogP contribution in [-0.2, 0) is 0 Å². The summed E-state index contributed by atoms with van der Waals surface area (Å²) in [5, 5.41) is 14.2. The summed E-state index contributed by atoms with van der Waals surface area (Å²) in [6.07, 6.45) is 1.18. The van der Waals surface area contributed by atoms with E-state index in [1.165, 1.54) is 19.2 Å². The largest absolute Gasteiger partial charge is 0.390 e. The molecule has 6 heteroatoms. The molecule has 16 heavy (non-hydrogen) atoms. The molecular weight excluding hydrogens is 216 g/mol. The Hall–Kier alpha value is -1.82. The van der Waals surface area contributed by atoms with Gasteiger partial charge in [0.25, 0.3) is 0 Å². The van der Waals surface area contributed by atoms with Crippen molar-refractivity contribution in [3.8, 4) is 0 Å². The van der Waals surface area contributed by atoms with Crippen LogP contribution in [0.3, 0.4) is 0 Å². The fraction of sp³-hybridized carbons (Fsp3) is 0.200. The van der Waals surface area contributed by atoms with E-state index in [4.69, 9.17) is 10.6 Å². The number of aliphatic hydroxyl groups is 1. The molecule has 0 fully saturated rings. The fourth-order valence-corrected chi connectivity index (χ4v) is 1.04. The number of nitrogens with zero attached hydrogens (tertiary/aromatic N) is 1. The third-order valence-corrected chi connectivity index (χ3v) is 1.95. The van der Waals surface area contributed by atoms with Gasteiger partial charge in [0.15, 0.2) is 0 Å². The summed E-state index contributed by atoms with van der Waals surface area (Å²) in [5.74, 6) is -1.37. The number of aliphatic hydroxyl groups excluding tert-OH is 1. The molecule has 0 unspecified atom stereocenters. The molecule has 3 N–H and O–H groups in total. The highest BCUT2D eigenvalue weighted by Crippen LogP contribution is 2.19. The van der Waals surface area contributed by atoms with Gasteiger partial charge in [-0.3, -0.25) is 0 Å². The molecule has 0 spiro atoms. The number of rotatable bonds is 4. The van der Waals surface area contributed by atoms with Crippen LogP contribution in [0, 0.1) is 24.1 Å². The summed E-state index contributed by atoms with van der Waals surface area (Å²) >= 11 is 0. The summed E-state index contributed by atoms with van der Waals surface area (Å²) in [6.45, 7) is 1.07. The van der Waals surface area contributed by atoms with Gasteiger partial charge in [0.2, 0.25) is 0 Å². The summed E-state index contributed by atoms with van der Waals surface area (Å²) in [7, 11) is 0. The fourth-order valence-electron chi connectivity index (χ4n) is 1.04. The van der Waals surface area contributed by atoms with E-state index in [0.29, 0.717) is 5.56 Å². The van der Waals surface area contributed by atoms with Crippen LogP contribution >= 0.6 is 0 Å². The summed E-state index contributed by atoms with van der Waals surface area (Å²) in [5.41, 5.74) is 7.06. The lowest BCUT2D eigenvalue weighted by Gasteiger charge is -2.05. The average molecular weight is 227 g/mol. The maximum absolute atomic E-state index is 13.2. The quantitative estimate of drug-likeness (QED) is 0.692. The molecule has 1 aromatic rings. The van der Waals surface area contributed by atoms with E-state index in [9.17, 15) is 8.78 Å². The average Bonchev–Trinajstić information content (AvgIpc) is 2.26. The summed E-state index contributed by atoms with van der Waals surface area (Å²) in [4.78, 5) is 0. The third kappa shape index (κ3) is 2.83. The van der Waals surface area contributed by atoms with Crippen molar-refractivity contribution in [1.29, 1.82) is 5.53 Å². The lowest BCUT2D eigenvalue weighted by molar-refractivity contribution is 0.328. The Labute approximate surface area is 91.1 Å². The molecule has 0 amide bonds. The molecular formula is C10H11F2N3O. The topological polar surface area (TPSA) is 68.5 Å².